The molecular weight excluding hydrogens is 200 g/mol. The molecule has 3 nitrogen and oxygen atoms in total. The van der Waals surface area contributed by atoms with Crippen LogP contribution in [0.3, 0.4) is 0 Å². The van der Waals surface area contributed by atoms with Crippen molar-refractivity contribution in [2.75, 3.05) is 10.6 Å². The molecule has 3 rings (SSSR count). The number of carbonyl (C=O) groups excluding carboxylic acids is 1. The maximum atomic E-state index is 11.5. The van der Waals surface area contributed by atoms with Gasteiger partial charge in [-0.3, -0.25) is 4.79 Å². The van der Waals surface area contributed by atoms with Crippen molar-refractivity contribution in [2.24, 2.45) is 5.92 Å². The SMILES string of the molecule is O=C(Nc1ccc(NC2CC2)cc1)C1CC1. The molecule has 1 amide bonds. The Morgan fingerprint density at radius 3 is 2.19 bits per heavy atom. The van der Waals surface area contributed by atoms with Gasteiger partial charge < -0.3 is 10.6 Å². The van der Waals surface area contributed by atoms with E-state index in [0.29, 0.717) is 6.04 Å². The van der Waals surface area contributed by atoms with Crippen LogP contribution in [0, 0.1) is 5.92 Å². The number of hydrogen-bond acceptors (Lipinski definition) is 2. The lowest BCUT2D eigenvalue weighted by Crippen LogP contribution is -2.13. The highest BCUT2D eigenvalue weighted by molar-refractivity contribution is 5.94. The third-order valence-corrected chi connectivity index (χ3v) is 3.05. The summed E-state index contributed by atoms with van der Waals surface area (Å²) >= 11 is 0. The van der Waals surface area contributed by atoms with Crippen LogP contribution in [0.1, 0.15) is 25.7 Å². The molecule has 2 N–H and O–H groups in total. The molecule has 0 saturated heterocycles. The van der Waals surface area contributed by atoms with Gasteiger partial charge in [0.05, 0.1) is 0 Å². The Labute approximate surface area is 95.2 Å². The van der Waals surface area contributed by atoms with E-state index in [2.05, 4.69) is 10.6 Å². The van der Waals surface area contributed by atoms with E-state index in [9.17, 15) is 4.79 Å². The first kappa shape index (κ1) is 9.70. The lowest BCUT2D eigenvalue weighted by atomic mass is 10.2. The Balaban J connectivity index is 1.59. The fourth-order valence-electron chi connectivity index (χ4n) is 1.70. The van der Waals surface area contributed by atoms with Gasteiger partial charge in [-0.25, -0.2) is 0 Å². The van der Waals surface area contributed by atoms with Crippen molar-refractivity contribution in [2.45, 2.75) is 31.7 Å². The topological polar surface area (TPSA) is 41.1 Å². The summed E-state index contributed by atoms with van der Waals surface area (Å²) in [6, 6.07) is 8.66. The van der Waals surface area contributed by atoms with Crippen molar-refractivity contribution >= 4 is 17.3 Å². The highest BCUT2D eigenvalue weighted by Gasteiger charge is 2.29. The van der Waals surface area contributed by atoms with Gasteiger partial charge in [-0.05, 0) is 49.9 Å². The van der Waals surface area contributed by atoms with Gasteiger partial charge in [-0.2, -0.15) is 0 Å². The molecule has 2 saturated carbocycles. The van der Waals surface area contributed by atoms with Crippen LogP contribution in [0.4, 0.5) is 11.4 Å². The second-order valence-electron chi connectivity index (χ2n) is 4.76. The molecule has 1 aromatic rings. The van der Waals surface area contributed by atoms with Crippen LogP contribution in [-0.4, -0.2) is 11.9 Å². The van der Waals surface area contributed by atoms with Crippen molar-refractivity contribution in [1.29, 1.82) is 0 Å². The molecule has 1 aromatic carbocycles. The summed E-state index contributed by atoms with van der Waals surface area (Å²) in [5.41, 5.74) is 2.05. The number of rotatable bonds is 4. The Kier molecular flexibility index (Phi) is 2.31. The quantitative estimate of drug-likeness (QED) is 0.812. The molecule has 0 unspecified atom stereocenters. The van der Waals surface area contributed by atoms with Crippen LogP contribution in [0.15, 0.2) is 24.3 Å². The van der Waals surface area contributed by atoms with Crippen LogP contribution >= 0.6 is 0 Å². The maximum absolute atomic E-state index is 11.5. The highest BCUT2D eigenvalue weighted by Crippen LogP contribution is 2.30. The third-order valence-electron chi connectivity index (χ3n) is 3.05. The van der Waals surface area contributed by atoms with E-state index in [1.165, 1.54) is 12.8 Å². The highest BCUT2D eigenvalue weighted by atomic mass is 16.2. The minimum Gasteiger partial charge on any atom is -0.382 e. The van der Waals surface area contributed by atoms with Crippen molar-refractivity contribution < 1.29 is 4.79 Å². The molecule has 0 radical (unpaired) electrons. The smallest absolute Gasteiger partial charge is 0.227 e. The van der Waals surface area contributed by atoms with Gasteiger partial charge in [-0.1, -0.05) is 0 Å². The average Bonchev–Trinajstić information content (AvgIpc) is 3.15. The van der Waals surface area contributed by atoms with Crippen molar-refractivity contribution in [1.82, 2.24) is 0 Å². The van der Waals surface area contributed by atoms with E-state index < -0.39 is 0 Å². The van der Waals surface area contributed by atoms with E-state index in [1.54, 1.807) is 0 Å². The lowest BCUT2D eigenvalue weighted by Gasteiger charge is -2.07. The zero-order valence-corrected chi connectivity index (χ0v) is 9.20. The minimum atomic E-state index is 0.169. The fraction of sp³-hybridized carbons (Fsp3) is 0.462. The first-order valence-electron chi connectivity index (χ1n) is 5.99. The summed E-state index contributed by atoms with van der Waals surface area (Å²) in [4.78, 5) is 11.5. The lowest BCUT2D eigenvalue weighted by molar-refractivity contribution is -0.117. The summed E-state index contributed by atoms with van der Waals surface area (Å²) in [6.45, 7) is 0. The molecule has 0 atom stereocenters. The number of amides is 1. The van der Waals surface area contributed by atoms with Crippen molar-refractivity contribution in [3.05, 3.63) is 24.3 Å². The predicted octanol–water partition coefficient (Wildman–Crippen LogP) is 2.61. The normalized spacial score (nSPS) is 19.2. The number of hydrogen-bond donors (Lipinski definition) is 2. The second-order valence-corrected chi connectivity index (χ2v) is 4.76. The van der Waals surface area contributed by atoms with Gasteiger partial charge in [0.2, 0.25) is 5.91 Å². The van der Waals surface area contributed by atoms with Crippen LogP contribution < -0.4 is 10.6 Å². The zero-order chi connectivity index (χ0) is 11.0. The number of nitrogens with one attached hydrogen (secondary N) is 2. The van der Waals surface area contributed by atoms with E-state index in [1.807, 2.05) is 24.3 Å². The van der Waals surface area contributed by atoms with Gasteiger partial charge in [0.15, 0.2) is 0 Å². The molecule has 3 heteroatoms. The summed E-state index contributed by atoms with van der Waals surface area (Å²) in [6.07, 6.45) is 4.65. The first-order valence-corrected chi connectivity index (χ1v) is 5.99. The van der Waals surface area contributed by atoms with Crippen molar-refractivity contribution in [3.63, 3.8) is 0 Å². The molecule has 2 aliphatic carbocycles. The maximum Gasteiger partial charge on any atom is 0.227 e. The summed E-state index contributed by atoms with van der Waals surface area (Å²) in [5, 5.41) is 6.35. The van der Waals surface area contributed by atoms with Gasteiger partial charge in [0.1, 0.15) is 0 Å². The van der Waals surface area contributed by atoms with Gasteiger partial charge >= 0.3 is 0 Å². The molecule has 2 fully saturated rings. The van der Waals surface area contributed by atoms with Crippen molar-refractivity contribution in [3.8, 4) is 0 Å². The van der Waals surface area contributed by atoms with Gasteiger partial charge in [0, 0.05) is 23.3 Å². The van der Waals surface area contributed by atoms with Gasteiger partial charge in [-0.15, -0.1) is 0 Å². The van der Waals surface area contributed by atoms with Gasteiger partial charge in [0.25, 0.3) is 0 Å². The monoisotopic (exact) mass is 216 g/mol. The standard InChI is InChI=1S/C13H16N2O/c16-13(9-1-2-9)15-12-7-5-11(6-8-12)14-10-3-4-10/h5-10,14H,1-4H2,(H,15,16). The third kappa shape index (κ3) is 2.35. The number of carbonyl (C=O) groups is 1. The molecule has 0 bridgehead atoms. The predicted molar refractivity (Wildman–Crippen MR) is 64.4 cm³/mol. The summed E-state index contributed by atoms with van der Waals surface area (Å²) in [5.74, 6) is 0.437. The fourth-order valence-corrected chi connectivity index (χ4v) is 1.70. The van der Waals surface area contributed by atoms with Crippen LogP contribution in [0.5, 0.6) is 0 Å². The number of benzene rings is 1. The Morgan fingerprint density at radius 1 is 1.00 bits per heavy atom. The van der Waals surface area contributed by atoms with E-state index in [4.69, 9.17) is 0 Å². The van der Waals surface area contributed by atoms with E-state index >= 15 is 0 Å². The summed E-state index contributed by atoms with van der Waals surface area (Å²) in [7, 11) is 0. The molecule has 0 aliphatic heterocycles. The molecule has 2 aliphatic rings. The Hall–Kier alpha value is -1.51. The molecule has 16 heavy (non-hydrogen) atoms. The first-order chi connectivity index (χ1) is 7.81. The molecule has 0 spiro atoms. The van der Waals surface area contributed by atoms with E-state index in [0.717, 1.165) is 24.2 Å². The molecular formula is C13H16N2O. The molecule has 0 heterocycles. The summed E-state index contributed by atoms with van der Waals surface area (Å²) < 4.78 is 0. The van der Waals surface area contributed by atoms with Crippen LogP contribution in [-0.2, 0) is 4.79 Å². The second kappa shape index (κ2) is 3.81. The number of anilines is 2. The largest absolute Gasteiger partial charge is 0.382 e. The van der Waals surface area contributed by atoms with E-state index in [-0.39, 0.29) is 11.8 Å². The molecule has 84 valence electrons. The van der Waals surface area contributed by atoms with Crippen LogP contribution in [0.25, 0.3) is 0 Å². The zero-order valence-electron chi connectivity index (χ0n) is 9.20. The molecule has 0 aromatic heterocycles. The Morgan fingerprint density at radius 2 is 1.62 bits per heavy atom. The average molecular weight is 216 g/mol. The van der Waals surface area contributed by atoms with Crippen LogP contribution in [0.2, 0.25) is 0 Å². The minimum absolute atomic E-state index is 0.169. The Bertz CT molecular complexity index is 391.